The number of hydrogen-bond donors (Lipinski definition) is 2. The van der Waals surface area contributed by atoms with Crippen LogP contribution in [0.15, 0.2) is 24.3 Å². The normalized spacial score (nSPS) is 12.0. The van der Waals surface area contributed by atoms with E-state index in [1.165, 1.54) is 11.3 Å². The van der Waals surface area contributed by atoms with Gasteiger partial charge in [-0.1, -0.05) is 6.92 Å². The zero-order valence-electron chi connectivity index (χ0n) is 13.6. The second-order valence-electron chi connectivity index (χ2n) is 5.15. The third-order valence-electron chi connectivity index (χ3n) is 3.46. The van der Waals surface area contributed by atoms with Gasteiger partial charge in [0.25, 0.3) is 5.91 Å². The molecule has 2 aromatic rings. The van der Waals surface area contributed by atoms with Gasteiger partial charge in [0.1, 0.15) is 15.6 Å². The number of thiazole rings is 1. The summed E-state index contributed by atoms with van der Waals surface area (Å²) in [5, 5.41) is 12.8. The molecule has 0 saturated heterocycles. The van der Waals surface area contributed by atoms with Crippen molar-refractivity contribution in [3.8, 4) is 16.3 Å². The summed E-state index contributed by atoms with van der Waals surface area (Å²) in [6.45, 7) is 6.25. The lowest BCUT2D eigenvalue weighted by molar-refractivity contribution is 0.0918. The number of nitrogens with zero attached hydrogens (tertiary/aromatic N) is 1. The molecule has 2 rings (SSSR count). The highest BCUT2D eigenvalue weighted by molar-refractivity contribution is 7.17. The van der Waals surface area contributed by atoms with Gasteiger partial charge < -0.3 is 15.2 Å². The predicted molar refractivity (Wildman–Crippen MR) is 92.1 cm³/mol. The molecule has 1 aromatic heterocycles. The summed E-state index contributed by atoms with van der Waals surface area (Å²) in [5.41, 5.74) is 1.65. The van der Waals surface area contributed by atoms with Crippen molar-refractivity contribution in [3.05, 3.63) is 34.8 Å². The molecule has 1 heterocycles. The molecule has 124 valence electrons. The van der Waals surface area contributed by atoms with Gasteiger partial charge >= 0.3 is 0 Å². The smallest absolute Gasteiger partial charge is 0.263 e. The van der Waals surface area contributed by atoms with E-state index in [9.17, 15) is 9.90 Å². The lowest BCUT2D eigenvalue weighted by atomic mass is 10.2. The quantitative estimate of drug-likeness (QED) is 0.816. The highest BCUT2D eigenvalue weighted by Crippen LogP contribution is 2.29. The molecule has 0 radical (unpaired) electrons. The largest absolute Gasteiger partial charge is 0.494 e. The number of carbonyl (C=O) groups excluding carboxylic acids is 1. The maximum absolute atomic E-state index is 12.3. The molecule has 6 heteroatoms. The summed E-state index contributed by atoms with van der Waals surface area (Å²) in [6.07, 6.45) is 0.686. The Bertz CT molecular complexity index is 648. The van der Waals surface area contributed by atoms with Crippen LogP contribution in [-0.4, -0.2) is 35.3 Å². The summed E-state index contributed by atoms with van der Waals surface area (Å²) < 4.78 is 5.43. The third-order valence-corrected chi connectivity index (χ3v) is 4.67. The van der Waals surface area contributed by atoms with Crippen molar-refractivity contribution in [3.63, 3.8) is 0 Å². The van der Waals surface area contributed by atoms with Crippen molar-refractivity contribution in [2.24, 2.45) is 0 Å². The minimum Gasteiger partial charge on any atom is -0.494 e. The van der Waals surface area contributed by atoms with E-state index in [4.69, 9.17) is 4.74 Å². The van der Waals surface area contributed by atoms with E-state index >= 15 is 0 Å². The molecule has 0 aliphatic heterocycles. The van der Waals surface area contributed by atoms with Gasteiger partial charge in [-0.2, -0.15) is 0 Å². The zero-order chi connectivity index (χ0) is 16.8. The van der Waals surface area contributed by atoms with Crippen molar-refractivity contribution >= 4 is 17.2 Å². The molecule has 2 N–H and O–H groups in total. The van der Waals surface area contributed by atoms with Gasteiger partial charge in [0, 0.05) is 5.56 Å². The number of aliphatic hydroxyl groups is 1. The summed E-state index contributed by atoms with van der Waals surface area (Å²) in [4.78, 5) is 17.4. The molecule has 0 aliphatic carbocycles. The fraction of sp³-hybridized carbons (Fsp3) is 0.412. The lowest BCUT2D eigenvalue weighted by Crippen LogP contribution is -2.36. The van der Waals surface area contributed by atoms with Gasteiger partial charge in [0.2, 0.25) is 0 Å². The van der Waals surface area contributed by atoms with Crippen LogP contribution in [0.3, 0.4) is 0 Å². The first-order valence-corrected chi connectivity index (χ1v) is 8.53. The van der Waals surface area contributed by atoms with Gasteiger partial charge in [-0.25, -0.2) is 4.98 Å². The first-order chi connectivity index (χ1) is 11.1. The maximum atomic E-state index is 12.3. The summed E-state index contributed by atoms with van der Waals surface area (Å²) >= 11 is 1.36. The Hall–Kier alpha value is -1.92. The monoisotopic (exact) mass is 334 g/mol. The average Bonchev–Trinajstić information content (AvgIpc) is 2.95. The molecule has 1 amide bonds. The van der Waals surface area contributed by atoms with Crippen LogP contribution >= 0.6 is 11.3 Å². The Balaban J connectivity index is 2.18. The van der Waals surface area contributed by atoms with Crippen LogP contribution in [0.1, 0.15) is 35.6 Å². The van der Waals surface area contributed by atoms with Crippen LogP contribution in [0, 0.1) is 6.92 Å². The van der Waals surface area contributed by atoms with E-state index in [0.717, 1.165) is 16.3 Å². The van der Waals surface area contributed by atoms with E-state index in [1.54, 1.807) is 0 Å². The van der Waals surface area contributed by atoms with Gasteiger partial charge in [-0.05, 0) is 44.5 Å². The molecule has 0 bridgehead atoms. The number of nitrogens with one attached hydrogen (secondary N) is 1. The highest BCUT2D eigenvalue weighted by Gasteiger charge is 2.18. The Morgan fingerprint density at radius 2 is 2.04 bits per heavy atom. The highest BCUT2D eigenvalue weighted by atomic mass is 32.1. The number of benzene rings is 1. The fourth-order valence-electron chi connectivity index (χ4n) is 2.12. The van der Waals surface area contributed by atoms with Crippen LogP contribution in [-0.2, 0) is 0 Å². The van der Waals surface area contributed by atoms with Crippen LogP contribution < -0.4 is 10.1 Å². The molecule has 5 nitrogen and oxygen atoms in total. The van der Waals surface area contributed by atoms with Crippen LogP contribution in [0.2, 0.25) is 0 Å². The minimum atomic E-state index is -0.224. The van der Waals surface area contributed by atoms with E-state index < -0.39 is 0 Å². The SMILES string of the molecule is CCOc1ccc(-c2nc(C)c(C(=O)NC(CC)CO)s2)cc1. The van der Waals surface area contributed by atoms with Crippen molar-refractivity contribution < 1.29 is 14.6 Å². The number of rotatable bonds is 7. The number of ether oxygens (including phenoxy) is 1. The Kier molecular flexibility index (Phi) is 6.12. The molecule has 0 aliphatic rings. The van der Waals surface area contributed by atoms with Crippen LogP contribution in [0.5, 0.6) is 5.75 Å². The predicted octanol–water partition coefficient (Wildman–Crippen LogP) is 3.02. The number of aromatic nitrogens is 1. The first kappa shape index (κ1) is 17.4. The Morgan fingerprint density at radius 1 is 1.35 bits per heavy atom. The second kappa shape index (κ2) is 8.08. The standard InChI is InChI=1S/C17H22N2O3S/c1-4-13(10-20)19-16(21)15-11(3)18-17(23-15)12-6-8-14(9-7-12)22-5-2/h6-9,13,20H,4-5,10H2,1-3H3,(H,19,21). The minimum absolute atomic E-state index is 0.0637. The Labute approximate surface area is 140 Å². The topological polar surface area (TPSA) is 71.5 Å². The maximum Gasteiger partial charge on any atom is 0.263 e. The van der Waals surface area contributed by atoms with E-state index in [2.05, 4.69) is 10.3 Å². The zero-order valence-corrected chi connectivity index (χ0v) is 14.4. The summed E-state index contributed by atoms with van der Waals surface area (Å²) in [7, 11) is 0. The number of aryl methyl sites for hydroxylation is 1. The molecule has 1 atom stereocenters. The third kappa shape index (κ3) is 4.30. The number of carbonyl (C=O) groups is 1. The molecule has 0 spiro atoms. The summed E-state index contributed by atoms with van der Waals surface area (Å²) in [5.74, 6) is 0.634. The molecule has 0 fully saturated rings. The molecule has 1 unspecified atom stereocenters. The first-order valence-electron chi connectivity index (χ1n) is 7.71. The van der Waals surface area contributed by atoms with Gasteiger partial charge in [0.15, 0.2) is 0 Å². The van der Waals surface area contributed by atoms with E-state index in [0.29, 0.717) is 23.6 Å². The van der Waals surface area contributed by atoms with Crippen molar-refractivity contribution in [1.82, 2.24) is 10.3 Å². The molecule has 0 saturated carbocycles. The summed E-state index contributed by atoms with van der Waals surface area (Å²) in [6, 6.07) is 7.45. The second-order valence-corrected chi connectivity index (χ2v) is 6.15. The van der Waals surface area contributed by atoms with E-state index in [1.807, 2.05) is 45.0 Å². The molecular weight excluding hydrogens is 312 g/mol. The van der Waals surface area contributed by atoms with Crippen molar-refractivity contribution in [1.29, 1.82) is 0 Å². The number of hydrogen-bond acceptors (Lipinski definition) is 5. The van der Waals surface area contributed by atoms with E-state index in [-0.39, 0.29) is 18.6 Å². The number of aliphatic hydroxyl groups excluding tert-OH is 1. The van der Waals surface area contributed by atoms with Crippen molar-refractivity contribution in [2.75, 3.05) is 13.2 Å². The number of amides is 1. The van der Waals surface area contributed by atoms with Crippen LogP contribution in [0.25, 0.3) is 10.6 Å². The van der Waals surface area contributed by atoms with Gasteiger partial charge in [-0.3, -0.25) is 4.79 Å². The lowest BCUT2D eigenvalue weighted by Gasteiger charge is -2.12. The molecule has 1 aromatic carbocycles. The average molecular weight is 334 g/mol. The van der Waals surface area contributed by atoms with Gasteiger partial charge in [-0.15, -0.1) is 11.3 Å². The molecular formula is C17H22N2O3S. The molecule has 23 heavy (non-hydrogen) atoms. The fourth-order valence-corrected chi connectivity index (χ4v) is 3.09. The van der Waals surface area contributed by atoms with Crippen LogP contribution in [0.4, 0.5) is 0 Å². The van der Waals surface area contributed by atoms with Crippen molar-refractivity contribution in [2.45, 2.75) is 33.2 Å². The van der Waals surface area contributed by atoms with Gasteiger partial charge in [0.05, 0.1) is 24.9 Å². The Morgan fingerprint density at radius 3 is 2.61 bits per heavy atom.